The minimum Gasteiger partial charge on any atom is -0.494 e. The van der Waals surface area contributed by atoms with Crippen LogP contribution in [0, 0.1) is 0 Å². The Morgan fingerprint density at radius 3 is 2.72 bits per heavy atom. The molecule has 0 aliphatic carbocycles. The topological polar surface area (TPSA) is 94.8 Å². The lowest BCUT2D eigenvalue weighted by Gasteiger charge is -2.10. The van der Waals surface area contributed by atoms with Crippen molar-refractivity contribution in [3.05, 3.63) is 84.8 Å². The van der Waals surface area contributed by atoms with Crippen molar-refractivity contribution in [3.63, 3.8) is 0 Å². The van der Waals surface area contributed by atoms with Crippen LogP contribution in [0.1, 0.15) is 15.9 Å². The van der Waals surface area contributed by atoms with Crippen LogP contribution in [0.15, 0.2) is 73.7 Å². The summed E-state index contributed by atoms with van der Waals surface area (Å²) >= 11 is 0. The Kier molecular flexibility index (Phi) is 5.24. The minimum absolute atomic E-state index is 0.174. The number of nitrogens with one attached hydrogen (secondary N) is 1. The zero-order chi connectivity index (χ0) is 20.1. The van der Waals surface area contributed by atoms with Gasteiger partial charge in [0.05, 0.1) is 13.3 Å². The van der Waals surface area contributed by atoms with E-state index in [0.717, 1.165) is 16.7 Å². The second kappa shape index (κ2) is 8.30. The summed E-state index contributed by atoms with van der Waals surface area (Å²) < 4.78 is 6.92. The molecule has 8 nitrogen and oxygen atoms in total. The largest absolute Gasteiger partial charge is 0.494 e. The third kappa shape index (κ3) is 3.96. The maximum absolute atomic E-state index is 12.6. The lowest BCUT2D eigenvalue weighted by molar-refractivity contribution is 0.0951. The molecule has 4 aromatic rings. The Morgan fingerprint density at radius 1 is 1.10 bits per heavy atom. The summed E-state index contributed by atoms with van der Waals surface area (Å²) in [6.45, 7) is 0.321. The van der Waals surface area contributed by atoms with Crippen molar-refractivity contribution in [1.29, 1.82) is 0 Å². The standard InChI is InChI=1S/C21H18N6O2/c1-29-19-12-22-10-8-18(19)15-4-6-16(7-5-15)21(28)25-11-17-3-2-9-24-20(17)27-14-23-13-26-27/h2-10,12-14H,11H2,1H3,(H,25,28). The molecule has 3 aromatic heterocycles. The maximum atomic E-state index is 12.6. The fraction of sp³-hybridized carbons (Fsp3) is 0.0952. The van der Waals surface area contributed by atoms with Gasteiger partial charge in [0.25, 0.3) is 5.91 Å². The fourth-order valence-corrected chi connectivity index (χ4v) is 2.95. The molecule has 29 heavy (non-hydrogen) atoms. The van der Waals surface area contributed by atoms with Gasteiger partial charge in [-0.15, -0.1) is 0 Å². The van der Waals surface area contributed by atoms with Crippen LogP contribution in [0.5, 0.6) is 5.75 Å². The molecule has 8 heteroatoms. The first-order valence-corrected chi connectivity index (χ1v) is 8.92. The SMILES string of the molecule is COc1cnccc1-c1ccc(C(=O)NCc2cccnc2-n2cncn2)cc1. The average molecular weight is 386 g/mol. The molecule has 0 radical (unpaired) electrons. The van der Waals surface area contributed by atoms with Gasteiger partial charge in [0.2, 0.25) is 0 Å². The van der Waals surface area contributed by atoms with E-state index in [1.165, 1.54) is 6.33 Å². The number of pyridine rings is 2. The summed E-state index contributed by atoms with van der Waals surface area (Å²) in [5.41, 5.74) is 3.27. The Morgan fingerprint density at radius 2 is 1.97 bits per heavy atom. The van der Waals surface area contributed by atoms with E-state index >= 15 is 0 Å². The molecule has 1 N–H and O–H groups in total. The van der Waals surface area contributed by atoms with Gasteiger partial charge in [-0.25, -0.2) is 14.6 Å². The third-order valence-electron chi connectivity index (χ3n) is 4.41. The van der Waals surface area contributed by atoms with E-state index in [9.17, 15) is 4.79 Å². The Hall–Kier alpha value is -4.07. The number of carbonyl (C=O) groups is 1. The monoisotopic (exact) mass is 386 g/mol. The van der Waals surface area contributed by atoms with E-state index in [1.54, 1.807) is 48.8 Å². The Balaban J connectivity index is 1.48. The molecule has 0 bridgehead atoms. The van der Waals surface area contributed by atoms with E-state index in [2.05, 4.69) is 25.4 Å². The molecule has 0 atom stereocenters. The first kappa shape index (κ1) is 18.3. The van der Waals surface area contributed by atoms with E-state index in [0.29, 0.717) is 23.7 Å². The summed E-state index contributed by atoms with van der Waals surface area (Å²) in [5.74, 6) is 1.14. The highest BCUT2D eigenvalue weighted by Gasteiger charge is 2.11. The molecule has 0 spiro atoms. The molecular weight excluding hydrogens is 368 g/mol. The molecule has 0 saturated heterocycles. The number of nitrogens with zero attached hydrogens (tertiary/aromatic N) is 5. The number of ether oxygens (including phenoxy) is 1. The molecule has 144 valence electrons. The zero-order valence-corrected chi connectivity index (χ0v) is 15.7. The van der Waals surface area contributed by atoms with Gasteiger partial charge in [-0.3, -0.25) is 9.78 Å². The minimum atomic E-state index is -0.174. The summed E-state index contributed by atoms with van der Waals surface area (Å²) in [4.78, 5) is 24.9. The predicted octanol–water partition coefficient (Wildman–Crippen LogP) is 2.66. The van der Waals surface area contributed by atoms with Crippen LogP contribution in [0.4, 0.5) is 0 Å². The molecule has 0 aliphatic heterocycles. The van der Waals surface area contributed by atoms with Gasteiger partial charge in [0.15, 0.2) is 5.82 Å². The van der Waals surface area contributed by atoms with Crippen molar-refractivity contribution in [2.24, 2.45) is 0 Å². The molecule has 0 aliphatic rings. The van der Waals surface area contributed by atoms with Crippen LogP contribution >= 0.6 is 0 Å². The van der Waals surface area contributed by atoms with E-state index < -0.39 is 0 Å². The number of amides is 1. The molecule has 0 unspecified atom stereocenters. The summed E-state index contributed by atoms with van der Waals surface area (Å²) in [5, 5.41) is 7.02. The van der Waals surface area contributed by atoms with Gasteiger partial charge in [-0.1, -0.05) is 18.2 Å². The number of hydrogen-bond acceptors (Lipinski definition) is 6. The van der Waals surface area contributed by atoms with E-state index in [1.807, 2.05) is 30.3 Å². The van der Waals surface area contributed by atoms with Crippen LogP contribution in [0.3, 0.4) is 0 Å². The quantitative estimate of drug-likeness (QED) is 0.547. The molecule has 0 fully saturated rings. The number of rotatable bonds is 6. The van der Waals surface area contributed by atoms with Crippen molar-refractivity contribution in [2.75, 3.05) is 7.11 Å². The summed E-state index contributed by atoms with van der Waals surface area (Å²) in [6.07, 6.45) is 8.06. The van der Waals surface area contributed by atoms with Crippen molar-refractivity contribution < 1.29 is 9.53 Å². The lowest BCUT2D eigenvalue weighted by atomic mass is 10.0. The van der Waals surface area contributed by atoms with Crippen molar-refractivity contribution in [3.8, 4) is 22.7 Å². The zero-order valence-electron chi connectivity index (χ0n) is 15.7. The Labute approximate surface area is 167 Å². The van der Waals surface area contributed by atoms with Crippen molar-refractivity contribution >= 4 is 5.91 Å². The number of benzene rings is 1. The fourth-order valence-electron chi connectivity index (χ4n) is 2.95. The highest BCUT2D eigenvalue weighted by atomic mass is 16.5. The number of methoxy groups -OCH3 is 1. The van der Waals surface area contributed by atoms with Crippen LogP contribution in [-0.4, -0.2) is 37.7 Å². The highest BCUT2D eigenvalue weighted by Crippen LogP contribution is 2.28. The normalized spacial score (nSPS) is 10.5. The summed E-state index contributed by atoms with van der Waals surface area (Å²) in [6, 6.07) is 12.9. The number of aromatic nitrogens is 5. The number of hydrogen-bond donors (Lipinski definition) is 1. The van der Waals surface area contributed by atoms with Gasteiger partial charge in [-0.2, -0.15) is 5.10 Å². The third-order valence-corrected chi connectivity index (χ3v) is 4.41. The van der Waals surface area contributed by atoms with Crippen molar-refractivity contribution in [1.82, 2.24) is 30.0 Å². The van der Waals surface area contributed by atoms with Crippen LogP contribution < -0.4 is 10.1 Å². The maximum Gasteiger partial charge on any atom is 0.251 e. The van der Waals surface area contributed by atoms with Crippen molar-refractivity contribution in [2.45, 2.75) is 6.54 Å². The van der Waals surface area contributed by atoms with Gasteiger partial charge < -0.3 is 10.1 Å². The smallest absolute Gasteiger partial charge is 0.251 e. The second-order valence-corrected chi connectivity index (χ2v) is 6.16. The van der Waals surface area contributed by atoms with Crippen LogP contribution in [0.25, 0.3) is 16.9 Å². The molecule has 1 amide bonds. The van der Waals surface area contributed by atoms with Crippen LogP contribution in [0.2, 0.25) is 0 Å². The average Bonchev–Trinajstić information content (AvgIpc) is 3.32. The molecule has 4 rings (SSSR count). The molecule has 0 saturated carbocycles. The van der Waals surface area contributed by atoms with E-state index in [4.69, 9.17) is 4.74 Å². The first-order valence-electron chi connectivity index (χ1n) is 8.92. The lowest BCUT2D eigenvalue weighted by Crippen LogP contribution is -2.23. The number of carbonyl (C=O) groups excluding carboxylic acids is 1. The van der Waals surface area contributed by atoms with Crippen LogP contribution in [-0.2, 0) is 6.54 Å². The molecular formula is C21H18N6O2. The molecule has 1 aromatic carbocycles. The first-order chi connectivity index (χ1) is 14.3. The van der Waals surface area contributed by atoms with Gasteiger partial charge in [0, 0.05) is 35.6 Å². The van der Waals surface area contributed by atoms with E-state index in [-0.39, 0.29) is 5.91 Å². The van der Waals surface area contributed by atoms with Gasteiger partial charge >= 0.3 is 0 Å². The second-order valence-electron chi connectivity index (χ2n) is 6.16. The van der Waals surface area contributed by atoms with Gasteiger partial charge in [0.1, 0.15) is 18.4 Å². The summed E-state index contributed by atoms with van der Waals surface area (Å²) in [7, 11) is 1.61. The predicted molar refractivity (Wildman–Crippen MR) is 107 cm³/mol. The highest BCUT2D eigenvalue weighted by molar-refractivity contribution is 5.94. The van der Waals surface area contributed by atoms with Gasteiger partial charge in [-0.05, 0) is 29.8 Å². The Bertz CT molecular complexity index is 1110. The molecule has 3 heterocycles.